The van der Waals surface area contributed by atoms with E-state index in [9.17, 15) is 9.59 Å². The number of hydrogen-bond donors (Lipinski definition) is 2. The molecule has 23 heavy (non-hydrogen) atoms. The Morgan fingerprint density at radius 1 is 1.22 bits per heavy atom. The van der Waals surface area contributed by atoms with Gasteiger partial charge in [-0.05, 0) is 52.3 Å². The fraction of sp³-hybridized carbons (Fsp3) is 0.125. The predicted octanol–water partition coefficient (Wildman–Crippen LogP) is 3.28. The molecule has 0 aliphatic heterocycles. The lowest BCUT2D eigenvalue weighted by Crippen LogP contribution is -2.17. The highest BCUT2D eigenvalue weighted by molar-refractivity contribution is 9.10. The van der Waals surface area contributed by atoms with Gasteiger partial charge in [0.1, 0.15) is 12.4 Å². The molecular weight excluding hydrogens is 364 g/mol. The molecule has 2 N–H and O–H groups in total. The van der Waals surface area contributed by atoms with Gasteiger partial charge in [0.15, 0.2) is 4.67 Å². The van der Waals surface area contributed by atoms with Crippen molar-refractivity contribution in [1.29, 1.82) is 0 Å². The first-order valence-corrected chi connectivity index (χ1v) is 7.49. The predicted molar refractivity (Wildman–Crippen MR) is 91.0 cm³/mol. The first-order chi connectivity index (χ1) is 11.1. The summed E-state index contributed by atoms with van der Waals surface area (Å²) in [5.41, 5.74) is 1.14. The molecule has 0 bridgehead atoms. The van der Waals surface area contributed by atoms with E-state index in [1.165, 1.54) is 13.2 Å². The van der Waals surface area contributed by atoms with E-state index in [4.69, 9.17) is 9.15 Å². The molecule has 0 saturated carbocycles. The number of hydrogen-bond acceptors (Lipinski definition) is 4. The molecular formula is C16H15BrN2O4. The van der Waals surface area contributed by atoms with Gasteiger partial charge in [-0.3, -0.25) is 9.59 Å². The average Bonchev–Trinajstić information content (AvgIpc) is 2.91. The molecule has 6 nitrogen and oxygen atoms in total. The van der Waals surface area contributed by atoms with Crippen molar-refractivity contribution in [3.8, 4) is 0 Å². The molecule has 0 radical (unpaired) electrons. The third-order valence-corrected chi connectivity index (χ3v) is 3.11. The Kier molecular flexibility index (Phi) is 6.13. The lowest BCUT2D eigenvalue weighted by atomic mass is 10.2. The number of carbonyl (C=O) groups is 2. The summed E-state index contributed by atoms with van der Waals surface area (Å²) in [6, 6.07) is 10.3. The largest absolute Gasteiger partial charge is 0.450 e. The lowest BCUT2D eigenvalue weighted by Gasteiger charge is -2.07. The van der Waals surface area contributed by atoms with Crippen molar-refractivity contribution < 1.29 is 18.7 Å². The molecule has 0 aliphatic rings. The van der Waals surface area contributed by atoms with Crippen LogP contribution in [0, 0.1) is 0 Å². The van der Waals surface area contributed by atoms with Gasteiger partial charge in [-0.15, -0.1) is 0 Å². The van der Waals surface area contributed by atoms with Gasteiger partial charge in [0.05, 0.1) is 0 Å². The van der Waals surface area contributed by atoms with Crippen LogP contribution < -0.4 is 10.6 Å². The zero-order valence-corrected chi connectivity index (χ0v) is 13.9. The van der Waals surface area contributed by atoms with E-state index in [-0.39, 0.29) is 18.4 Å². The first kappa shape index (κ1) is 17.0. The Bertz CT molecular complexity index is 724. The van der Waals surface area contributed by atoms with Crippen LogP contribution >= 0.6 is 15.9 Å². The molecule has 120 valence electrons. The normalized spacial score (nSPS) is 10.7. The van der Waals surface area contributed by atoms with Gasteiger partial charge < -0.3 is 19.8 Å². The number of nitrogens with one attached hydrogen (secondary N) is 2. The number of benzene rings is 1. The Balaban J connectivity index is 1.95. The van der Waals surface area contributed by atoms with Gasteiger partial charge in [-0.1, -0.05) is 6.07 Å². The van der Waals surface area contributed by atoms with Crippen molar-refractivity contribution in [3.05, 3.63) is 52.9 Å². The third kappa shape index (κ3) is 5.72. The fourth-order valence-electron chi connectivity index (χ4n) is 1.76. The van der Waals surface area contributed by atoms with Crippen molar-refractivity contribution >= 4 is 45.2 Å². The van der Waals surface area contributed by atoms with Crippen LogP contribution in [0.2, 0.25) is 0 Å². The van der Waals surface area contributed by atoms with Crippen LogP contribution in [-0.2, 0) is 14.3 Å². The number of ether oxygens (including phenoxy) is 1. The zero-order chi connectivity index (χ0) is 16.7. The maximum Gasteiger partial charge on any atom is 0.250 e. The second kappa shape index (κ2) is 8.30. The molecule has 1 heterocycles. The highest BCUT2D eigenvalue weighted by Crippen LogP contribution is 2.16. The molecule has 1 aromatic carbocycles. The van der Waals surface area contributed by atoms with Crippen LogP contribution in [0.25, 0.3) is 6.08 Å². The summed E-state index contributed by atoms with van der Waals surface area (Å²) in [5, 5.41) is 5.37. The fourth-order valence-corrected chi connectivity index (χ4v) is 2.08. The van der Waals surface area contributed by atoms with Crippen molar-refractivity contribution in [2.24, 2.45) is 0 Å². The average molecular weight is 379 g/mol. The smallest absolute Gasteiger partial charge is 0.250 e. The molecule has 0 saturated heterocycles. The van der Waals surface area contributed by atoms with Crippen molar-refractivity contribution in [1.82, 2.24) is 0 Å². The van der Waals surface area contributed by atoms with E-state index in [0.717, 1.165) is 0 Å². The summed E-state index contributed by atoms with van der Waals surface area (Å²) in [6.45, 7) is -0.0297. The second-order valence-corrected chi connectivity index (χ2v) is 5.31. The van der Waals surface area contributed by atoms with Crippen LogP contribution in [0.15, 0.2) is 51.6 Å². The number of rotatable bonds is 6. The maximum atomic E-state index is 11.9. The first-order valence-electron chi connectivity index (χ1n) is 6.70. The summed E-state index contributed by atoms with van der Waals surface area (Å²) in [5.74, 6) is -0.00948. The van der Waals surface area contributed by atoms with Gasteiger partial charge in [0.2, 0.25) is 11.8 Å². The standard InChI is InChI=1S/C16H15BrN2O4/c1-22-10-16(21)19-12-4-2-3-11(9-12)18-15(20)8-6-13-5-7-14(17)23-13/h2-9H,10H2,1H3,(H,18,20)(H,19,21)/b8-6+. The molecule has 2 rings (SSSR count). The number of amides is 2. The number of furan rings is 1. The van der Waals surface area contributed by atoms with Gasteiger partial charge in [0.25, 0.3) is 0 Å². The van der Waals surface area contributed by atoms with E-state index in [0.29, 0.717) is 21.8 Å². The maximum absolute atomic E-state index is 11.9. The van der Waals surface area contributed by atoms with Crippen molar-refractivity contribution in [3.63, 3.8) is 0 Å². The molecule has 0 aliphatic carbocycles. The summed E-state index contributed by atoms with van der Waals surface area (Å²) in [6.07, 6.45) is 2.92. The van der Waals surface area contributed by atoms with E-state index >= 15 is 0 Å². The summed E-state index contributed by atoms with van der Waals surface area (Å²) in [4.78, 5) is 23.3. The van der Waals surface area contributed by atoms with Crippen LogP contribution in [0.1, 0.15) is 5.76 Å². The minimum Gasteiger partial charge on any atom is -0.450 e. The minimum atomic E-state index is -0.308. The SMILES string of the molecule is COCC(=O)Nc1cccc(NC(=O)/C=C/c2ccc(Br)o2)c1. The van der Waals surface area contributed by atoms with Gasteiger partial charge >= 0.3 is 0 Å². The van der Waals surface area contributed by atoms with Gasteiger partial charge in [-0.2, -0.15) is 0 Å². The summed E-state index contributed by atoms with van der Waals surface area (Å²) < 4.78 is 10.6. The van der Waals surface area contributed by atoms with E-state index in [1.54, 1.807) is 42.5 Å². The Morgan fingerprint density at radius 3 is 2.61 bits per heavy atom. The highest BCUT2D eigenvalue weighted by Gasteiger charge is 2.04. The molecule has 0 atom stereocenters. The molecule has 7 heteroatoms. The van der Waals surface area contributed by atoms with Crippen molar-refractivity contribution in [2.75, 3.05) is 24.4 Å². The Morgan fingerprint density at radius 2 is 1.96 bits per heavy atom. The Hall–Kier alpha value is -2.38. The monoisotopic (exact) mass is 378 g/mol. The lowest BCUT2D eigenvalue weighted by molar-refractivity contribution is -0.119. The number of methoxy groups -OCH3 is 1. The second-order valence-electron chi connectivity index (χ2n) is 4.53. The molecule has 1 aromatic heterocycles. The number of anilines is 2. The highest BCUT2D eigenvalue weighted by atomic mass is 79.9. The molecule has 0 fully saturated rings. The van der Waals surface area contributed by atoms with Gasteiger partial charge in [-0.25, -0.2) is 0 Å². The van der Waals surface area contributed by atoms with Crippen LogP contribution in [-0.4, -0.2) is 25.5 Å². The van der Waals surface area contributed by atoms with E-state index < -0.39 is 0 Å². The number of halogens is 1. The quantitative estimate of drug-likeness (QED) is 0.755. The third-order valence-electron chi connectivity index (χ3n) is 2.68. The van der Waals surface area contributed by atoms with Crippen LogP contribution in [0.4, 0.5) is 11.4 Å². The zero-order valence-electron chi connectivity index (χ0n) is 12.3. The topological polar surface area (TPSA) is 80.6 Å². The molecule has 2 amide bonds. The summed E-state index contributed by atoms with van der Waals surface area (Å²) >= 11 is 3.19. The molecule has 0 unspecified atom stereocenters. The number of carbonyl (C=O) groups excluding carboxylic acids is 2. The van der Waals surface area contributed by atoms with Crippen LogP contribution in [0.3, 0.4) is 0 Å². The van der Waals surface area contributed by atoms with E-state index in [1.807, 2.05) is 0 Å². The summed E-state index contributed by atoms with van der Waals surface area (Å²) in [7, 11) is 1.44. The minimum absolute atomic E-state index is 0.0297. The van der Waals surface area contributed by atoms with Crippen LogP contribution in [0.5, 0.6) is 0 Å². The Labute approximate surface area is 141 Å². The molecule has 2 aromatic rings. The van der Waals surface area contributed by atoms with Gasteiger partial charge in [0, 0.05) is 24.6 Å². The molecule has 0 spiro atoms. The van der Waals surface area contributed by atoms with Crippen molar-refractivity contribution in [2.45, 2.75) is 0 Å². The van der Waals surface area contributed by atoms with E-state index in [2.05, 4.69) is 26.6 Å².